The average Bonchev–Trinajstić information content (AvgIpc) is 3.51. The van der Waals surface area contributed by atoms with E-state index in [9.17, 15) is 9.59 Å². The van der Waals surface area contributed by atoms with Gasteiger partial charge in [-0.2, -0.15) is 0 Å². The van der Waals surface area contributed by atoms with Crippen molar-refractivity contribution in [1.82, 2.24) is 15.1 Å². The summed E-state index contributed by atoms with van der Waals surface area (Å²) in [7, 11) is 0. The largest absolute Gasteiger partial charge is 0.381 e. The molecule has 8 heteroatoms. The second kappa shape index (κ2) is 10.0. The van der Waals surface area contributed by atoms with Gasteiger partial charge in [0.1, 0.15) is 6.04 Å². The van der Waals surface area contributed by atoms with Crippen LogP contribution in [0.4, 0.5) is 0 Å². The van der Waals surface area contributed by atoms with E-state index in [1.807, 2.05) is 17.5 Å². The van der Waals surface area contributed by atoms with Crippen LogP contribution in [0.2, 0.25) is 0 Å². The number of ether oxygens (including phenoxy) is 2. The SMILES string of the molecule is O=C(NCC(C1CCOC1)N1CCOCC1)C1CCCN1C(=O)Cc1cccs1. The zero-order valence-corrected chi connectivity index (χ0v) is 17.7. The van der Waals surface area contributed by atoms with Gasteiger partial charge in [-0.1, -0.05) is 6.07 Å². The summed E-state index contributed by atoms with van der Waals surface area (Å²) in [6.45, 7) is 6.11. The number of nitrogens with one attached hydrogen (secondary N) is 1. The van der Waals surface area contributed by atoms with Crippen LogP contribution in [0.25, 0.3) is 0 Å². The van der Waals surface area contributed by atoms with Crippen LogP contribution >= 0.6 is 11.3 Å². The van der Waals surface area contributed by atoms with Gasteiger partial charge in [0.15, 0.2) is 0 Å². The van der Waals surface area contributed by atoms with Crippen molar-refractivity contribution < 1.29 is 19.1 Å². The standard InChI is InChI=1S/C21H31N3O4S/c25-20(13-17-3-2-12-29-17)24-6-1-4-18(24)21(26)22-14-19(16-5-9-28-15-16)23-7-10-27-11-8-23/h2-3,12,16,18-19H,1,4-11,13-15H2,(H,22,26). The van der Waals surface area contributed by atoms with Crippen LogP contribution in [0.1, 0.15) is 24.1 Å². The maximum Gasteiger partial charge on any atom is 0.242 e. The van der Waals surface area contributed by atoms with E-state index in [2.05, 4.69) is 10.2 Å². The number of hydrogen-bond donors (Lipinski definition) is 1. The molecule has 0 saturated carbocycles. The molecular formula is C21H31N3O4S. The molecule has 1 N–H and O–H groups in total. The lowest BCUT2D eigenvalue weighted by atomic mass is 9.96. The lowest BCUT2D eigenvalue weighted by Crippen LogP contribution is -2.54. The maximum atomic E-state index is 13.0. The van der Waals surface area contributed by atoms with Crippen LogP contribution < -0.4 is 5.32 Å². The van der Waals surface area contributed by atoms with Crippen LogP contribution in [0.3, 0.4) is 0 Å². The Balaban J connectivity index is 1.34. The van der Waals surface area contributed by atoms with Crippen molar-refractivity contribution in [2.45, 2.75) is 37.8 Å². The van der Waals surface area contributed by atoms with E-state index in [4.69, 9.17) is 9.47 Å². The summed E-state index contributed by atoms with van der Waals surface area (Å²) >= 11 is 1.59. The Hall–Kier alpha value is -1.48. The number of carbonyl (C=O) groups excluding carboxylic acids is 2. The molecule has 0 spiro atoms. The van der Waals surface area contributed by atoms with Gasteiger partial charge in [0.25, 0.3) is 0 Å². The van der Waals surface area contributed by atoms with E-state index >= 15 is 0 Å². The zero-order valence-electron chi connectivity index (χ0n) is 16.9. The van der Waals surface area contributed by atoms with Gasteiger partial charge in [-0.25, -0.2) is 0 Å². The molecule has 0 bridgehead atoms. The smallest absolute Gasteiger partial charge is 0.242 e. The summed E-state index contributed by atoms with van der Waals surface area (Å²) in [6.07, 6.45) is 3.05. The number of thiophene rings is 1. The zero-order chi connectivity index (χ0) is 20.1. The molecule has 160 valence electrons. The second-order valence-corrected chi connectivity index (χ2v) is 9.12. The van der Waals surface area contributed by atoms with Gasteiger partial charge >= 0.3 is 0 Å². The average molecular weight is 422 g/mol. The molecule has 4 rings (SSSR count). The molecule has 2 amide bonds. The van der Waals surface area contributed by atoms with Crippen molar-refractivity contribution in [2.24, 2.45) is 5.92 Å². The minimum atomic E-state index is -0.340. The Morgan fingerprint density at radius 3 is 2.76 bits per heavy atom. The highest BCUT2D eigenvalue weighted by atomic mass is 32.1. The van der Waals surface area contributed by atoms with Gasteiger partial charge in [0, 0.05) is 49.6 Å². The molecule has 0 aromatic carbocycles. The number of nitrogens with zero attached hydrogens (tertiary/aromatic N) is 2. The number of likely N-dealkylation sites (tertiary alicyclic amines) is 1. The summed E-state index contributed by atoms with van der Waals surface area (Å²) in [4.78, 5) is 31.0. The quantitative estimate of drug-likeness (QED) is 0.715. The molecule has 29 heavy (non-hydrogen) atoms. The van der Waals surface area contributed by atoms with Crippen molar-refractivity contribution in [3.63, 3.8) is 0 Å². The lowest BCUT2D eigenvalue weighted by molar-refractivity contribution is -0.138. The van der Waals surface area contributed by atoms with E-state index in [0.29, 0.717) is 25.4 Å². The number of morpholine rings is 1. The van der Waals surface area contributed by atoms with E-state index < -0.39 is 0 Å². The highest BCUT2D eigenvalue weighted by Gasteiger charge is 2.36. The van der Waals surface area contributed by atoms with Crippen molar-refractivity contribution in [1.29, 1.82) is 0 Å². The molecular weight excluding hydrogens is 390 g/mol. The third kappa shape index (κ3) is 5.17. The van der Waals surface area contributed by atoms with Gasteiger partial charge in [-0.15, -0.1) is 11.3 Å². The maximum absolute atomic E-state index is 13.0. The molecule has 3 unspecified atom stereocenters. The second-order valence-electron chi connectivity index (χ2n) is 8.09. The van der Waals surface area contributed by atoms with Gasteiger partial charge in [0.05, 0.1) is 26.2 Å². The van der Waals surface area contributed by atoms with E-state index in [1.165, 1.54) is 0 Å². The van der Waals surface area contributed by atoms with E-state index in [0.717, 1.165) is 63.7 Å². The first-order chi connectivity index (χ1) is 14.2. The summed E-state index contributed by atoms with van der Waals surface area (Å²) in [5.41, 5.74) is 0. The predicted molar refractivity (Wildman–Crippen MR) is 111 cm³/mol. The first kappa shape index (κ1) is 20.8. The molecule has 1 aromatic heterocycles. The highest BCUT2D eigenvalue weighted by molar-refractivity contribution is 7.10. The monoisotopic (exact) mass is 421 g/mol. The first-order valence-electron chi connectivity index (χ1n) is 10.7. The van der Waals surface area contributed by atoms with Gasteiger partial charge in [-0.05, 0) is 30.7 Å². The van der Waals surface area contributed by atoms with Crippen LogP contribution in [0, 0.1) is 5.92 Å². The Kier molecular flexibility index (Phi) is 7.18. The fourth-order valence-electron chi connectivity index (χ4n) is 4.68. The van der Waals surface area contributed by atoms with Gasteiger partial charge < -0.3 is 19.7 Å². The topological polar surface area (TPSA) is 71.1 Å². The summed E-state index contributed by atoms with van der Waals surface area (Å²) in [5.74, 6) is 0.478. The Morgan fingerprint density at radius 1 is 1.17 bits per heavy atom. The lowest BCUT2D eigenvalue weighted by Gasteiger charge is -2.37. The summed E-state index contributed by atoms with van der Waals surface area (Å²) in [5, 5.41) is 5.16. The van der Waals surface area contributed by atoms with Crippen molar-refractivity contribution in [2.75, 3.05) is 52.6 Å². The highest BCUT2D eigenvalue weighted by Crippen LogP contribution is 2.23. The van der Waals surface area contributed by atoms with Crippen LogP contribution in [0.15, 0.2) is 17.5 Å². The van der Waals surface area contributed by atoms with Crippen molar-refractivity contribution in [3.8, 4) is 0 Å². The fraction of sp³-hybridized carbons (Fsp3) is 0.714. The Labute approximate surface area is 176 Å². The minimum absolute atomic E-state index is 0.0146. The molecule has 3 aliphatic heterocycles. The molecule has 3 saturated heterocycles. The molecule has 1 aromatic rings. The van der Waals surface area contributed by atoms with Crippen molar-refractivity contribution >= 4 is 23.2 Å². The number of amides is 2. The van der Waals surface area contributed by atoms with Crippen LogP contribution in [-0.2, 0) is 25.5 Å². The summed E-state index contributed by atoms with van der Waals surface area (Å²) in [6, 6.07) is 3.86. The predicted octanol–water partition coefficient (Wildman–Crippen LogP) is 1.14. The molecule has 3 aliphatic rings. The third-order valence-electron chi connectivity index (χ3n) is 6.29. The minimum Gasteiger partial charge on any atom is -0.381 e. The molecule has 7 nitrogen and oxygen atoms in total. The van der Waals surface area contributed by atoms with E-state index in [-0.39, 0.29) is 23.9 Å². The Morgan fingerprint density at radius 2 is 2.03 bits per heavy atom. The number of rotatable bonds is 7. The number of carbonyl (C=O) groups is 2. The first-order valence-corrected chi connectivity index (χ1v) is 11.6. The van der Waals surface area contributed by atoms with Crippen molar-refractivity contribution in [3.05, 3.63) is 22.4 Å². The third-order valence-corrected chi connectivity index (χ3v) is 7.17. The Bertz CT molecular complexity index is 671. The fourth-order valence-corrected chi connectivity index (χ4v) is 5.38. The van der Waals surface area contributed by atoms with Crippen LogP contribution in [0.5, 0.6) is 0 Å². The number of hydrogen-bond acceptors (Lipinski definition) is 6. The molecule has 4 heterocycles. The molecule has 3 atom stereocenters. The van der Waals surface area contributed by atoms with Gasteiger partial charge in [-0.3, -0.25) is 14.5 Å². The molecule has 0 radical (unpaired) electrons. The van der Waals surface area contributed by atoms with E-state index in [1.54, 1.807) is 16.2 Å². The van der Waals surface area contributed by atoms with Gasteiger partial charge in [0.2, 0.25) is 11.8 Å². The molecule has 0 aliphatic carbocycles. The molecule has 3 fully saturated rings. The summed E-state index contributed by atoms with van der Waals surface area (Å²) < 4.78 is 11.1. The normalized spacial score (nSPS) is 26.6. The van der Waals surface area contributed by atoms with Crippen LogP contribution in [-0.4, -0.2) is 86.3 Å².